The van der Waals surface area contributed by atoms with Gasteiger partial charge in [-0.1, -0.05) is 13.3 Å². The molecule has 0 unspecified atom stereocenters. The fraction of sp³-hybridized carbons (Fsp3) is 0.750. The topological polar surface area (TPSA) is 9.23 Å². The first kappa shape index (κ1) is 9.74. The molecule has 0 aliphatic heterocycles. The molecule has 0 aromatic heterocycles. The predicted octanol–water partition coefficient (Wildman–Crippen LogP) is 2.18. The van der Waals surface area contributed by atoms with Crippen molar-refractivity contribution in [2.45, 2.75) is 32.9 Å². The molecule has 0 atom stereocenters. The Morgan fingerprint density at radius 1 is 1.50 bits per heavy atom. The van der Waals surface area contributed by atoms with Gasteiger partial charge in [0.05, 0.1) is 0 Å². The molecule has 10 heavy (non-hydrogen) atoms. The van der Waals surface area contributed by atoms with Crippen molar-refractivity contribution in [3.05, 3.63) is 0 Å². The van der Waals surface area contributed by atoms with Crippen molar-refractivity contribution in [3.8, 4) is 12.0 Å². The quantitative estimate of drug-likeness (QED) is 0.344. The van der Waals surface area contributed by atoms with E-state index in [1.165, 1.54) is 6.42 Å². The fourth-order valence-corrected chi connectivity index (χ4v) is 1.25. The Morgan fingerprint density at radius 2 is 2.10 bits per heavy atom. The Bertz CT molecular complexity index is 124. The summed E-state index contributed by atoms with van der Waals surface area (Å²) in [4.78, 5) is 0. The summed E-state index contributed by atoms with van der Waals surface area (Å²) in [5.41, 5.74) is 2.72. The van der Waals surface area contributed by atoms with Crippen LogP contribution in [0.5, 0.6) is 0 Å². The Kier molecular flexibility index (Phi) is 4.42. The first-order valence-corrected chi connectivity index (χ1v) is 6.65. The zero-order valence-electron chi connectivity index (χ0n) is 7.11. The van der Waals surface area contributed by atoms with Gasteiger partial charge in [0.15, 0.2) is 0 Å². The summed E-state index contributed by atoms with van der Waals surface area (Å²) in [5, 5.41) is 0. The lowest BCUT2D eigenvalue weighted by atomic mass is 10.4. The Balaban J connectivity index is 3.40. The SMILES string of the molecule is C#C[Si](C)(C)OCCCC. The average molecular weight is 156 g/mol. The van der Waals surface area contributed by atoms with Crippen LogP contribution in [0.1, 0.15) is 19.8 Å². The smallest absolute Gasteiger partial charge is 0.265 e. The van der Waals surface area contributed by atoms with Crippen molar-refractivity contribution in [2.24, 2.45) is 0 Å². The van der Waals surface area contributed by atoms with Gasteiger partial charge in [-0.25, -0.2) is 0 Å². The molecular weight excluding hydrogens is 140 g/mol. The summed E-state index contributed by atoms with van der Waals surface area (Å²) in [6.07, 6.45) is 7.57. The van der Waals surface area contributed by atoms with Crippen molar-refractivity contribution >= 4 is 8.32 Å². The molecule has 58 valence electrons. The van der Waals surface area contributed by atoms with Gasteiger partial charge < -0.3 is 4.43 Å². The third kappa shape index (κ3) is 4.60. The van der Waals surface area contributed by atoms with Gasteiger partial charge in [0.1, 0.15) is 0 Å². The van der Waals surface area contributed by atoms with Crippen LogP contribution in [0.4, 0.5) is 0 Å². The van der Waals surface area contributed by atoms with Crippen molar-refractivity contribution in [2.75, 3.05) is 6.61 Å². The highest BCUT2D eigenvalue weighted by Gasteiger charge is 2.17. The summed E-state index contributed by atoms with van der Waals surface area (Å²) in [5.74, 6) is 0. The van der Waals surface area contributed by atoms with Crippen molar-refractivity contribution in [1.29, 1.82) is 0 Å². The molecule has 0 saturated heterocycles. The third-order valence-corrected chi connectivity index (χ3v) is 2.93. The second-order valence-corrected chi connectivity index (χ2v) is 6.45. The molecule has 0 rings (SSSR count). The molecule has 0 N–H and O–H groups in total. The lowest BCUT2D eigenvalue weighted by Crippen LogP contribution is -2.28. The molecule has 0 fully saturated rings. The lowest BCUT2D eigenvalue weighted by molar-refractivity contribution is 0.308. The van der Waals surface area contributed by atoms with Crippen LogP contribution < -0.4 is 0 Å². The maximum atomic E-state index is 5.52. The molecule has 0 amide bonds. The Labute approximate surface area is 64.9 Å². The van der Waals surface area contributed by atoms with Crippen LogP contribution in [0.3, 0.4) is 0 Å². The molecule has 0 aromatic rings. The van der Waals surface area contributed by atoms with Gasteiger partial charge in [-0.2, -0.15) is 0 Å². The second-order valence-electron chi connectivity index (χ2n) is 2.86. The summed E-state index contributed by atoms with van der Waals surface area (Å²) in [6, 6.07) is 0. The van der Waals surface area contributed by atoms with Gasteiger partial charge in [0, 0.05) is 6.61 Å². The summed E-state index contributed by atoms with van der Waals surface area (Å²) < 4.78 is 5.52. The molecule has 0 bridgehead atoms. The number of hydrogen-bond acceptors (Lipinski definition) is 1. The van der Waals surface area contributed by atoms with Crippen LogP contribution in [0.15, 0.2) is 0 Å². The van der Waals surface area contributed by atoms with E-state index in [1.54, 1.807) is 0 Å². The maximum absolute atomic E-state index is 5.52. The van der Waals surface area contributed by atoms with Crippen LogP contribution in [0, 0.1) is 12.0 Å². The minimum absolute atomic E-state index is 0.833. The Hall–Kier alpha value is -0.263. The van der Waals surface area contributed by atoms with E-state index in [-0.39, 0.29) is 0 Å². The normalized spacial score (nSPS) is 11.0. The average Bonchev–Trinajstić information content (AvgIpc) is 1.89. The predicted molar refractivity (Wildman–Crippen MR) is 47.2 cm³/mol. The summed E-state index contributed by atoms with van der Waals surface area (Å²) in [7, 11) is -1.69. The van der Waals surface area contributed by atoms with Gasteiger partial charge in [0.25, 0.3) is 8.32 Å². The highest BCUT2D eigenvalue weighted by molar-refractivity contribution is 6.79. The molecule has 0 aliphatic rings. The highest BCUT2D eigenvalue weighted by atomic mass is 28.4. The Morgan fingerprint density at radius 3 is 2.50 bits per heavy atom. The van der Waals surface area contributed by atoms with Crippen molar-refractivity contribution < 1.29 is 4.43 Å². The summed E-state index contributed by atoms with van der Waals surface area (Å²) >= 11 is 0. The van der Waals surface area contributed by atoms with E-state index in [0.717, 1.165) is 13.0 Å². The minimum atomic E-state index is -1.69. The first-order valence-electron chi connectivity index (χ1n) is 3.74. The van der Waals surface area contributed by atoms with E-state index < -0.39 is 8.32 Å². The van der Waals surface area contributed by atoms with E-state index >= 15 is 0 Å². The highest BCUT2D eigenvalue weighted by Crippen LogP contribution is 2.02. The number of rotatable bonds is 4. The molecule has 0 spiro atoms. The van der Waals surface area contributed by atoms with E-state index in [2.05, 4.69) is 12.5 Å². The van der Waals surface area contributed by atoms with E-state index in [0.29, 0.717) is 0 Å². The van der Waals surface area contributed by atoms with E-state index in [9.17, 15) is 0 Å². The van der Waals surface area contributed by atoms with Gasteiger partial charge >= 0.3 is 0 Å². The lowest BCUT2D eigenvalue weighted by Gasteiger charge is -2.14. The largest absolute Gasteiger partial charge is 0.406 e. The van der Waals surface area contributed by atoms with Crippen LogP contribution >= 0.6 is 0 Å². The molecule has 0 aromatic carbocycles. The zero-order valence-corrected chi connectivity index (χ0v) is 8.11. The molecule has 0 aliphatic carbocycles. The molecule has 1 nitrogen and oxygen atoms in total. The maximum Gasteiger partial charge on any atom is 0.265 e. The number of terminal acetylenes is 1. The monoisotopic (exact) mass is 156 g/mol. The van der Waals surface area contributed by atoms with Gasteiger partial charge in [-0.15, -0.1) is 12.0 Å². The second kappa shape index (κ2) is 4.54. The van der Waals surface area contributed by atoms with E-state index in [4.69, 9.17) is 10.8 Å². The van der Waals surface area contributed by atoms with Crippen LogP contribution in [0.2, 0.25) is 13.1 Å². The fourth-order valence-electron chi connectivity index (χ4n) is 0.513. The van der Waals surface area contributed by atoms with Gasteiger partial charge in [-0.05, 0) is 19.5 Å². The number of unbranched alkanes of at least 4 members (excludes halogenated alkanes) is 1. The molecule has 0 heterocycles. The number of hydrogen-bond donors (Lipinski definition) is 0. The van der Waals surface area contributed by atoms with Crippen molar-refractivity contribution in [3.63, 3.8) is 0 Å². The molecular formula is C8H16OSi. The molecule has 0 saturated carbocycles. The molecule has 0 radical (unpaired) electrons. The molecule has 2 heteroatoms. The first-order chi connectivity index (χ1) is 4.62. The minimum Gasteiger partial charge on any atom is -0.406 e. The third-order valence-electron chi connectivity index (χ3n) is 1.31. The van der Waals surface area contributed by atoms with E-state index in [1.807, 2.05) is 13.1 Å². The van der Waals surface area contributed by atoms with Gasteiger partial charge in [-0.3, -0.25) is 0 Å². The standard InChI is InChI=1S/C8H16OSi/c1-5-7-8-9-10(3,4)6-2/h2H,5,7-8H2,1,3-4H3. The van der Waals surface area contributed by atoms with Crippen LogP contribution in [-0.4, -0.2) is 14.9 Å². The summed E-state index contributed by atoms with van der Waals surface area (Å²) in [6.45, 7) is 7.07. The van der Waals surface area contributed by atoms with Gasteiger partial charge in [0.2, 0.25) is 0 Å². The van der Waals surface area contributed by atoms with Crippen LogP contribution in [0.25, 0.3) is 0 Å². The van der Waals surface area contributed by atoms with Crippen molar-refractivity contribution in [1.82, 2.24) is 0 Å². The zero-order chi connectivity index (χ0) is 8.04. The van der Waals surface area contributed by atoms with Crippen LogP contribution in [-0.2, 0) is 4.43 Å².